The SMILES string of the molecule is COc1nc(-c2cccc(-c3cccc(-c4ccc5c(OC)c(CNCC6CCC(=O)N6)cc(Cl)c5n4)c3Cl)c2Cl)cc(F)c1CNCC1CCC(=O)N1. The number of methoxy groups -OCH3 is 2. The van der Waals surface area contributed by atoms with Crippen LogP contribution >= 0.6 is 34.8 Å². The maximum Gasteiger partial charge on any atom is 0.221 e. The number of nitrogens with zero attached hydrogens (tertiary/aromatic N) is 2. The van der Waals surface area contributed by atoms with E-state index in [9.17, 15) is 9.59 Å². The van der Waals surface area contributed by atoms with Gasteiger partial charge in [-0.1, -0.05) is 71.2 Å². The van der Waals surface area contributed by atoms with E-state index in [0.717, 1.165) is 23.8 Å². The van der Waals surface area contributed by atoms with E-state index < -0.39 is 5.82 Å². The number of nitrogens with one attached hydrogen (secondary N) is 4. The highest BCUT2D eigenvalue weighted by molar-refractivity contribution is 6.39. The van der Waals surface area contributed by atoms with Crippen molar-refractivity contribution in [1.82, 2.24) is 31.2 Å². The lowest BCUT2D eigenvalue weighted by atomic mass is 9.97. The number of carbonyl (C=O) groups excluding carboxylic acids is 2. The number of benzene rings is 3. The molecule has 4 N–H and O–H groups in total. The molecule has 0 aliphatic carbocycles. The Kier molecular flexibility index (Phi) is 11.5. The van der Waals surface area contributed by atoms with Gasteiger partial charge in [-0.3, -0.25) is 9.59 Å². The van der Waals surface area contributed by atoms with Gasteiger partial charge in [0.05, 0.1) is 51.8 Å². The zero-order valence-corrected chi connectivity index (χ0v) is 31.9. The Bertz CT molecular complexity index is 2260. The van der Waals surface area contributed by atoms with Crippen molar-refractivity contribution in [3.05, 3.63) is 92.7 Å². The maximum absolute atomic E-state index is 15.6. The highest BCUT2D eigenvalue weighted by Gasteiger charge is 2.24. The lowest BCUT2D eigenvalue weighted by molar-refractivity contribution is -0.120. The molecule has 280 valence electrons. The van der Waals surface area contributed by atoms with Crippen LogP contribution in [0.4, 0.5) is 4.39 Å². The van der Waals surface area contributed by atoms with E-state index in [0.29, 0.717) is 92.5 Å². The van der Waals surface area contributed by atoms with Gasteiger partial charge in [0.2, 0.25) is 17.7 Å². The molecule has 0 bridgehead atoms. The van der Waals surface area contributed by atoms with Crippen LogP contribution in [0.5, 0.6) is 11.6 Å². The van der Waals surface area contributed by atoms with E-state index in [1.165, 1.54) is 13.2 Å². The van der Waals surface area contributed by atoms with Gasteiger partial charge < -0.3 is 30.7 Å². The molecular formula is C40H38Cl3FN6O4. The van der Waals surface area contributed by atoms with Gasteiger partial charge in [0, 0.05) is 90.4 Å². The molecule has 0 spiro atoms. The van der Waals surface area contributed by atoms with Crippen LogP contribution in [0, 0.1) is 5.82 Å². The first-order chi connectivity index (χ1) is 26.1. The number of ether oxygens (including phenoxy) is 2. The fourth-order valence-electron chi connectivity index (χ4n) is 7.08. The number of rotatable bonds is 13. The molecule has 14 heteroatoms. The monoisotopic (exact) mass is 790 g/mol. The van der Waals surface area contributed by atoms with Crippen LogP contribution < -0.4 is 30.7 Å². The van der Waals surface area contributed by atoms with E-state index in [2.05, 4.69) is 26.3 Å². The summed E-state index contributed by atoms with van der Waals surface area (Å²) in [6.45, 7) is 1.81. The molecule has 2 atom stereocenters. The third-order valence-electron chi connectivity index (χ3n) is 9.80. The average molecular weight is 792 g/mol. The second-order valence-electron chi connectivity index (χ2n) is 13.3. The molecule has 5 aromatic rings. The molecule has 4 heterocycles. The molecule has 2 saturated heterocycles. The first-order valence-corrected chi connectivity index (χ1v) is 18.8. The third kappa shape index (κ3) is 7.83. The molecule has 2 unspecified atom stereocenters. The van der Waals surface area contributed by atoms with Gasteiger partial charge in [-0.15, -0.1) is 0 Å². The predicted molar refractivity (Wildman–Crippen MR) is 210 cm³/mol. The quantitative estimate of drug-likeness (QED) is 0.0968. The van der Waals surface area contributed by atoms with Crippen molar-refractivity contribution in [2.24, 2.45) is 0 Å². The molecule has 2 amide bonds. The second kappa shape index (κ2) is 16.5. The Morgan fingerprint density at radius 3 is 1.93 bits per heavy atom. The van der Waals surface area contributed by atoms with Crippen LogP contribution in [0.2, 0.25) is 15.1 Å². The van der Waals surface area contributed by atoms with Crippen molar-refractivity contribution in [3.63, 3.8) is 0 Å². The number of fused-ring (bicyclic) bond motifs is 1. The minimum Gasteiger partial charge on any atom is -0.496 e. The standard InChI is InChI=1S/C40H38Cl3FN6O4/c1-53-39-21(17-45-18-22-9-13-34(51)47-22)15-30(41)38-28(39)11-12-32(49-38)26-7-3-5-24(36(26)42)25-6-4-8-27(37(25)43)33-16-31(44)29(40(50-33)54-2)20-46-19-23-10-14-35(52)48-23/h3-8,11-12,15-16,22-23,45-46H,9-10,13-14,17-20H2,1-2H3,(H,47,51)(H,48,52). The summed E-state index contributed by atoms with van der Waals surface area (Å²) < 4.78 is 26.9. The summed E-state index contributed by atoms with van der Waals surface area (Å²) in [6.07, 6.45) is 2.58. The molecule has 2 fully saturated rings. The summed E-state index contributed by atoms with van der Waals surface area (Å²) in [5, 5.41) is 14.4. The topological polar surface area (TPSA) is 126 Å². The van der Waals surface area contributed by atoms with Gasteiger partial charge in [-0.05, 0) is 31.0 Å². The fraction of sp³-hybridized carbons (Fsp3) is 0.300. The average Bonchev–Trinajstić information content (AvgIpc) is 3.79. The molecule has 3 aromatic carbocycles. The molecule has 10 nitrogen and oxygen atoms in total. The molecule has 7 rings (SSSR count). The Morgan fingerprint density at radius 1 is 0.759 bits per heavy atom. The number of hydrogen-bond donors (Lipinski definition) is 4. The number of carbonyl (C=O) groups is 2. The molecule has 0 saturated carbocycles. The van der Waals surface area contributed by atoms with Gasteiger partial charge >= 0.3 is 0 Å². The molecule has 2 aromatic heterocycles. The number of hydrogen-bond acceptors (Lipinski definition) is 8. The Hall–Kier alpha value is -4.52. The van der Waals surface area contributed by atoms with Crippen molar-refractivity contribution >= 4 is 57.5 Å². The van der Waals surface area contributed by atoms with E-state index in [-0.39, 0.29) is 41.9 Å². The summed E-state index contributed by atoms with van der Waals surface area (Å²) in [5.74, 6) is 0.390. The van der Waals surface area contributed by atoms with Crippen LogP contribution in [-0.2, 0) is 22.7 Å². The lowest BCUT2D eigenvalue weighted by Crippen LogP contribution is -2.35. The molecular weight excluding hydrogens is 754 g/mol. The number of pyridine rings is 2. The smallest absolute Gasteiger partial charge is 0.221 e. The lowest BCUT2D eigenvalue weighted by Gasteiger charge is -2.17. The second-order valence-corrected chi connectivity index (χ2v) is 14.5. The van der Waals surface area contributed by atoms with Crippen LogP contribution in [-0.4, -0.2) is 61.2 Å². The molecule has 0 radical (unpaired) electrons. The first kappa shape index (κ1) is 37.8. The minimum atomic E-state index is -0.499. The zero-order chi connectivity index (χ0) is 37.9. The van der Waals surface area contributed by atoms with Crippen molar-refractivity contribution in [3.8, 4) is 45.3 Å². The van der Waals surface area contributed by atoms with Gasteiger partial charge in [-0.2, -0.15) is 0 Å². The summed E-state index contributed by atoms with van der Waals surface area (Å²) in [7, 11) is 3.05. The van der Waals surface area contributed by atoms with E-state index in [1.54, 1.807) is 13.2 Å². The van der Waals surface area contributed by atoms with Gasteiger partial charge in [-0.25, -0.2) is 14.4 Å². The summed E-state index contributed by atoms with van der Waals surface area (Å²) in [4.78, 5) is 32.7. The Morgan fingerprint density at radius 2 is 1.35 bits per heavy atom. The van der Waals surface area contributed by atoms with Gasteiger partial charge in [0.15, 0.2) is 0 Å². The van der Waals surface area contributed by atoms with Crippen molar-refractivity contribution in [1.29, 1.82) is 0 Å². The Balaban J connectivity index is 1.15. The third-order valence-corrected chi connectivity index (χ3v) is 10.9. The first-order valence-electron chi connectivity index (χ1n) is 17.6. The fourth-order valence-corrected chi connectivity index (χ4v) is 8.01. The van der Waals surface area contributed by atoms with Gasteiger partial charge in [0.1, 0.15) is 11.6 Å². The molecule has 2 aliphatic rings. The zero-order valence-electron chi connectivity index (χ0n) is 29.6. The van der Waals surface area contributed by atoms with E-state index in [4.69, 9.17) is 49.3 Å². The predicted octanol–water partition coefficient (Wildman–Crippen LogP) is 7.48. The normalized spacial score (nSPS) is 16.9. The molecule has 54 heavy (non-hydrogen) atoms. The highest BCUT2D eigenvalue weighted by Crippen LogP contribution is 2.43. The van der Waals surface area contributed by atoms with E-state index >= 15 is 4.39 Å². The summed E-state index contributed by atoms with van der Waals surface area (Å²) >= 11 is 21.0. The van der Waals surface area contributed by atoms with Crippen molar-refractivity contribution < 1.29 is 23.5 Å². The molecule has 2 aliphatic heterocycles. The van der Waals surface area contributed by atoms with Crippen LogP contribution in [0.1, 0.15) is 36.8 Å². The van der Waals surface area contributed by atoms with Crippen molar-refractivity contribution in [2.45, 2.75) is 50.9 Å². The number of aromatic nitrogens is 2. The van der Waals surface area contributed by atoms with Crippen LogP contribution in [0.3, 0.4) is 0 Å². The van der Waals surface area contributed by atoms with Crippen LogP contribution in [0.15, 0.2) is 60.7 Å². The number of halogens is 4. The largest absolute Gasteiger partial charge is 0.496 e. The maximum atomic E-state index is 15.6. The minimum absolute atomic E-state index is 0.00467. The number of amides is 2. The van der Waals surface area contributed by atoms with Crippen LogP contribution in [0.25, 0.3) is 44.5 Å². The van der Waals surface area contributed by atoms with Crippen molar-refractivity contribution in [2.75, 3.05) is 27.3 Å². The highest BCUT2D eigenvalue weighted by atomic mass is 35.5. The van der Waals surface area contributed by atoms with Gasteiger partial charge in [0.25, 0.3) is 0 Å². The summed E-state index contributed by atoms with van der Waals surface area (Å²) in [5.41, 5.74) is 5.05. The van der Waals surface area contributed by atoms with E-state index in [1.807, 2.05) is 48.5 Å². The Labute approximate surface area is 327 Å². The summed E-state index contributed by atoms with van der Waals surface area (Å²) in [6, 6.07) is 18.1.